The van der Waals surface area contributed by atoms with E-state index in [1.165, 1.54) is 5.56 Å². The number of amides is 1. The second kappa shape index (κ2) is 6.29. The number of aryl methyl sites for hydroxylation is 2. The number of rotatable bonds is 4. The van der Waals surface area contributed by atoms with Crippen LogP contribution in [0.5, 0.6) is 0 Å². The molecule has 6 nitrogen and oxygen atoms in total. The van der Waals surface area contributed by atoms with Crippen LogP contribution in [0.2, 0.25) is 0 Å². The van der Waals surface area contributed by atoms with Gasteiger partial charge in [-0.1, -0.05) is 18.2 Å². The van der Waals surface area contributed by atoms with Gasteiger partial charge >= 0.3 is 0 Å². The Balaban J connectivity index is 1.53. The zero-order valence-electron chi connectivity index (χ0n) is 15.0. The molecular weight excluding hydrogens is 328 g/mol. The summed E-state index contributed by atoms with van der Waals surface area (Å²) < 4.78 is 7.57. The number of hydrogen-bond donors (Lipinski definition) is 1. The standard InChI is InChI=1S/C20H20N4O2/c1-12-7-8-16-15(11-26-19(16)13(12)2)10-18(25)21-14(3)20-23-22-17-6-4-5-9-24(17)20/h4-9,11,14H,10H2,1-3H3,(H,21,25)/t14-/m0/s1. The lowest BCUT2D eigenvalue weighted by Gasteiger charge is -2.12. The fourth-order valence-corrected chi connectivity index (χ4v) is 3.21. The zero-order valence-corrected chi connectivity index (χ0v) is 15.0. The molecule has 1 atom stereocenters. The van der Waals surface area contributed by atoms with Crippen LogP contribution in [-0.2, 0) is 11.2 Å². The summed E-state index contributed by atoms with van der Waals surface area (Å²) >= 11 is 0. The molecule has 0 bridgehead atoms. The van der Waals surface area contributed by atoms with Crippen molar-refractivity contribution in [2.24, 2.45) is 0 Å². The Hall–Kier alpha value is -3.15. The number of benzene rings is 1. The maximum Gasteiger partial charge on any atom is 0.225 e. The van der Waals surface area contributed by atoms with Crippen molar-refractivity contribution in [3.8, 4) is 0 Å². The van der Waals surface area contributed by atoms with Crippen LogP contribution in [-0.4, -0.2) is 20.5 Å². The number of carbonyl (C=O) groups excluding carboxylic acids is 1. The van der Waals surface area contributed by atoms with Gasteiger partial charge in [-0.25, -0.2) is 0 Å². The third-order valence-electron chi connectivity index (χ3n) is 4.80. The lowest BCUT2D eigenvalue weighted by molar-refractivity contribution is -0.121. The van der Waals surface area contributed by atoms with Crippen molar-refractivity contribution in [1.29, 1.82) is 0 Å². The molecule has 0 fully saturated rings. The molecule has 0 unspecified atom stereocenters. The molecule has 0 aliphatic heterocycles. The van der Waals surface area contributed by atoms with Crippen LogP contribution >= 0.6 is 0 Å². The summed E-state index contributed by atoms with van der Waals surface area (Å²) in [6.07, 6.45) is 3.83. The molecule has 6 heteroatoms. The Morgan fingerprint density at radius 3 is 2.92 bits per heavy atom. The first-order valence-electron chi connectivity index (χ1n) is 8.60. The van der Waals surface area contributed by atoms with Gasteiger partial charge in [0.1, 0.15) is 5.58 Å². The van der Waals surface area contributed by atoms with Gasteiger partial charge < -0.3 is 9.73 Å². The van der Waals surface area contributed by atoms with E-state index in [4.69, 9.17) is 4.42 Å². The topological polar surface area (TPSA) is 72.4 Å². The Bertz CT molecular complexity index is 1110. The van der Waals surface area contributed by atoms with E-state index in [-0.39, 0.29) is 18.4 Å². The van der Waals surface area contributed by atoms with E-state index >= 15 is 0 Å². The molecule has 3 heterocycles. The molecule has 1 amide bonds. The van der Waals surface area contributed by atoms with E-state index in [0.717, 1.165) is 27.7 Å². The van der Waals surface area contributed by atoms with Gasteiger partial charge in [0, 0.05) is 17.1 Å². The number of nitrogens with one attached hydrogen (secondary N) is 1. The molecule has 0 radical (unpaired) electrons. The SMILES string of the molecule is Cc1ccc2c(CC(=O)N[C@@H](C)c3nnc4ccccn34)coc2c1C. The van der Waals surface area contributed by atoms with Gasteiger partial charge in [-0.15, -0.1) is 10.2 Å². The van der Waals surface area contributed by atoms with Gasteiger partial charge in [-0.05, 0) is 44.0 Å². The summed E-state index contributed by atoms with van der Waals surface area (Å²) in [7, 11) is 0. The number of fused-ring (bicyclic) bond motifs is 2. The van der Waals surface area contributed by atoms with Gasteiger partial charge in [0.05, 0.1) is 18.7 Å². The average molecular weight is 348 g/mol. The third-order valence-corrected chi connectivity index (χ3v) is 4.80. The van der Waals surface area contributed by atoms with Crippen LogP contribution in [0.3, 0.4) is 0 Å². The van der Waals surface area contributed by atoms with E-state index in [9.17, 15) is 4.79 Å². The zero-order chi connectivity index (χ0) is 18.3. The summed E-state index contributed by atoms with van der Waals surface area (Å²) in [5.41, 5.74) is 4.78. The second-order valence-corrected chi connectivity index (χ2v) is 6.60. The lowest BCUT2D eigenvalue weighted by Crippen LogP contribution is -2.29. The molecule has 0 saturated carbocycles. The van der Waals surface area contributed by atoms with Crippen molar-refractivity contribution in [2.75, 3.05) is 0 Å². The third kappa shape index (κ3) is 2.73. The lowest BCUT2D eigenvalue weighted by atomic mass is 10.0. The van der Waals surface area contributed by atoms with Crippen molar-refractivity contribution < 1.29 is 9.21 Å². The van der Waals surface area contributed by atoms with E-state index in [1.54, 1.807) is 6.26 Å². The maximum absolute atomic E-state index is 12.5. The van der Waals surface area contributed by atoms with Crippen LogP contribution in [0.1, 0.15) is 35.5 Å². The van der Waals surface area contributed by atoms with Crippen molar-refractivity contribution in [3.63, 3.8) is 0 Å². The van der Waals surface area contributed by atoms with E-state index in [1.807, 2.05) is 55.6 Å². The predicted molar refractivity (Wildman–Crippen MR) is 98.9 cm³/mol. The Morgan fingerprint density at radius 2 is 2.08 bits per heavy atom. The highest BCUT2D eigenvalue weighted by atomic mass is 16.3. The van der Waals surface area contributed by atoms with Crippen molar-refractivity contribution in [2.45, 2.75) is 33.2 Å². The number of hydrogen-bond acceptors (Lipinski definition) is 4. The molecule has 132 valence electrons. The monoisotopic (exact) mass is 348 g/mol. The Kier molecular flexibility index (Phi) is 3.95. The highest BCUT2D eigenvalue weighted by molar-refractivity contribution is 5.89. The van der Waals surface area contributed by atoms with Gasteiger partial charge in [0.25, 0.3) is 0 Å². The molecule has 0 saturated heterocycles. The van der Waals surface area contributed by atoms with Gasteiger partial charge in [0.15, 0.2) is 11.5 Å². The number of furan rings is 1. The van der Waals surface area contributed by atoms with Crippen LogP contribution in [0, 0.1) is 13.8 Å². The van der Waals surface area contributed by atoms with Gasteiger partial charge in [0.2, 0.25) is 5.91 Å². The number of nitrogens with zero attached hydrogens (tertiary/aromatic N) is 3. The van der Waals surface area contributed by atoms with Crippen LogP contribution in [0.25, 0.3) is 16.6 Å². The highest BCUT2D eigenvalue weighted by Gasteiger charge is 2.18. The van der Waals surface area contributed by atoms with E-state index < -0.39 is 0 Å². The summed E-state index contributed by atoms with van der Waals surface area (Å²) in [5.74, 6) is 0.628. The van der Waals surface area contributed by atoms with E-state index in [0.29, 0.717) is 5.82 Å². The number of carbonyl (C=O) groups is 1. The average Bonchev–Trinajstić information content (AvgIpc) is 3.22. The van der Waals surface area contributed by atoms with Crippen LogP contribution in [0.15, 0.2) is 47.2 Å². The molecular formula is C20H20N4O2. The molecule has 3 aromatic heterocycles. The van der Waals surface area contributed by atoms with Gasteiger partial charge in [-0.3, -0.25) is 9.20 Å². The molecule has 4 aromatic rings. The molecule has 26 heavy (non-hydrogen) atoms. The quantitative estimate of drug-likeness (QED) is 0.612. The number of pyridine rings is 1. The predicted octanol–water partition coefficient (Wildman–Crippen LogP) is 3.51. The maximum atomic E-state index is 12.5. The first kappa shape index (κ1) is 16.3. The number of aromatic nitrogens is 3. The minimum atomic E-state index is -0.248. The van der Waals surface area contributed by atoms with Gasteiger partial charge in [-0.2, -0.15) is 0 Å². The minimum absolute atomic E-state index is 0.0777. The summed E-state index contributed by atoms with van der Waals surface area (Å²) in [6.45, 7) is 5.99. The minimum Gasteiger partial charge on any atom is -0.464 e. The summed E-state index contributed by atoms with van der Waals surface area (Å²) in [6, 6.07) is 9.52. The molecule has 4 rings (SSSR count). The molecule has 0 aliphatic carbocycles. The highest BCUT2D eigenvalue weighted by Crippen LogP contribution is 2.27. The van der Waals surface area contributed by atoms with E-state index in [2.05, 4.69) is 21.6 Å². The summed E-state index contributed by atoms with van der Waals surface area (Å²) in [4.78, 5) is 12.5. The first-order chi connectivity index (χ1) is 12.5. The molecule has 0 aliphatic rings. The Morgan fingerprint density at radius 1 is 1.23 bits per heavy atom. The van der Waals surface area contributed by atoms with Crippen LogP contribution < -0.4 is 5.32 Å². The molecule has 1 aromatic carbocycles. The molecule has 1 N–H and O–H groups in total. The molecule has 0 spiro atoms. The van der Waals surface area contributed by atoms with Crippen molar-refractivity contribution in [3.05, 3.63) is 65.3 Å². The summed E-state index contributed by atoms with van der Waals surface area (Å²) in [5, 5.41) is 12.3. The van der Waals surface area contributed by atoms with Crippen molar-refractivity contribution >= 4 is 22.5 Å². The Labute approximate surface area is 150 Å². The fraction of sp³-hybridized carbons (Fsp3) is 0.250. The normalized spacial score (nSPS) is 12.6. The first-order valence-corrected chi connectivity index (χ1v) is 8.60. The second-order valence-electron chi connectivity index (χ2n) is 6.60. The van der Waals surface area contributed by atoms with Crippen LogP contribution in [0.4, 0.5) is 0 Å². The smallest absolute Gasteiger partial charge is 0.225 e. The fourth-order valence-electron chi connectivity index (χ4n) is 3.21. The largest absolute Gasteiger partial charge is 0.464 e. The van der Waals surface area contributed by atoms with Crippen molar-refractivity contribution in [1.82, 2.24) is 19.9 Å².